The van der Waals surface area contributed by atoms with Gasteiger partial charge in [-0.25, -0.2) is 8.78 Å². The molecule has 2 aromatic rings. The number of carbonyl (C=O) groups is 1. The zero-order valence-corrected chi connectivity index (χ0v) is 13.2. The van der Waals surface area contributed by atoms with Crippen LogP contribution in [0.2, 0.25) is 0 Å². The highest BCUT2D eigenvalue weighted by molar-refractivity contribution is 6.04. The predicted octanol–water partition coefficient (Wildman–Crippen LogP) is 2.73. The minimum Gasteiger partial charge on any atom is -0.493 e. The van der Waals surface area contributed by atoms with Crippen LogP contribution in [0.15, 0.2) is 18.2 Å². The molecular formula is C17H17F2N3O2. The molecule has 1 aromatic carbocycles. The topological polar surface area (TPSA) is 56.2 Å². The Morgan fingerprint density at radius 1 is 1.33 bits per heavy atom. The van der Waals surface area contributed by atoms with Gasteiger partial charge in [0.25, 0.3) is 11.8 Å². The van der Waals surface area contributed by atoms with Crippen LogP contribution in [0.4, 0.5) is 14.5 Å². The number of rotatable bonds is 2. The molecule has 0 bridgehead atoms. The van der Waals surface area contributed by atoms with E-state index >= 15 is 0 Å². The summed E-state index contributed by atoms with van der Waals surface area (Å²) >= 11 is 0. The average molecular weight is 333 g/mol. The number of aryl methyl sites for hydroxylation is 1. The molecule has 0 fully saturated rings. The van der Waals surface area contributed by atoms with Gasteiger partial charge in [-0.1, -0.05) is 6.07 Å². The molecule has 1 N–H and O–H groups in total. The van der Waals surface area contributed by atoms with E-state index < -0.39 is 18.3 Å². The summed E-state index contributed by atoms with van der Waals surface area (Å²) in [5.41, 5.74) is 2.74. The van der Waals surface area contributed by atoms with Gasteiger partial charge < -0.3 is 10.1 Å². The van der Waals surface area contributed by atoms with E-state index in [1.165, 1.54) is 4.68 Å². The van der Waals surface area contributed by atoms with Gasteiger partial charge in [0.2, 0.25) is 0 Å². The number of nitrogens with zero attached hydrogens (tertiary/aromatic N) is 2. The van der Waals surface area contributed by atoms with Crippen LogP contribution in [0.3, 0.4) is 0 Å². The van der Waals surface area contributed by atoms with Gasteiger partial charge in [-0.05, 0) is 18.6 Å². The Labute approximate surface area is 137 Å². The molecule has 0 radical (unpaired) electrons. The first-order valence-electron chi connectivity index (χ1n) is 7.93. The highest BCUT2D eigenvalue weighted by Crippen LogP contribution is 2.35. The maximum absolute atomic E-state index is 13.8. The SMILES string of the molecule is Cn1nc(C(=O)Nc2cccc3c2CCO3)c2c1CCC(F)(F)C2. The molecule has 0 unspecified atom stereocenters. The van der Waals surface area contributed by atoms with Crippen molar-refractivity contribution in [3.05, 3.63) is 40.7 Å². The van der Waals surface area contributed by atoms with E-state index in [1.54, 1.807) is 19.2 Å². The fourth-order valence-electron chi connectivity index (χ4n) is 3.45. The zero-order valence-electron chi connectivity index (χ0n) is 13.2. The van der Waals surface area contributed by atoms with Gasteiger partial charge in [-0.15, -0.1) is 0 Å². The molecule has 0 saturated heterocycles. The van der Waals surface area contributed by atoms with Crippen LogP contribution in [0.5, 0.6) is 5.75 Å². The second-order valence-corrected chi connectivity index (χ2v) is 6.27. The van der Waals surface area contributed by atoms with E-state index in [-0.39, 0.29) is 18.5 Å². The summed E-state index contributed by atoms with van der Waals surface area (Å²) in [6.45, 7) is 0.577. The van der Waals surface area contributed by atoms with Crippen LogP contribution >= 0.6 is 0 Å². The molecular weight excluding hydrogens is 316 g/mol. The number of aromatic nitrogens is 2. The zero-order chi connectivity index (χ0) is 16.9. The molecule has 1 amide bonds. The number of carbonyl (C=O) groups excluding carboxylic acids is 1. The Morgan fingerprint density at radius 2 is 2.17 bits per heavy atom. The molecule has 4 rings (SSSR count). The van der Waals surface area contributed by atoms with E-state index in [4.69, 9.17) is 4.74 Å². The molecule has 1 aliphatic carbocycles. The Bertz CT molecular complexity index is 829. The van der Waals surface area contributed by atoms with E-state index in [0.29, 0.717) is 30.0 Å². The molecule has 24 heavy (non-hydrogen) atoms. The highest BCUT2D eigenvalue weighted by Gasteiger charge is 2.38. The number of amides is 1. The quantitative estimate of drug-likeness (QED) is 0.919. The van der Waals surface area contributed by atoms with Gasteiger partial charge in [0.05, 0.1) is 6.61 Å². The predicted molar refractivity (Wildman–Crippen MR) is 83.8 cm³/mol. The number of ether oxygens (including phenoxy) is 1. The van der Waals surface area contributed by atoms with E-state index in [0.717, 1.165) is 11.3 Å². The Morgan fingerprint density at radius 3 is 3.00 bits per heavy atom. The summed E-state index contributed by atoms with van der Waals surface area (Å²) in [5.74, 6) is -2.49. The number of benzene rings is 1. The van der Waals surface area contributed by atoms with Crippen molar-refractivity contribution < 1.29 is 18.3 Å². The van der Waals surface area contributed by atoms with Crippen molar-refractivity contribution in [2.24, 2.45) is 7.05 Å². The van der Waals surface area contributed by atoms with Gasteiger partial charge in [0, 0.05) is 48.8 Å². The summed E-state index contributed by atoms with van der Waals surface area (Å²) in [5, 5.41) is 7.00. The minimum absolute atomic E-state index is 0.0865. The fourth-order valence-corrected chi connectivity index (χ4v) is 3.45. The largest absolute Gasteiger partial charge is 0.493 e. The summed E-state index contributed by atoms with van der Waals surface area (Å²) < 4.78 is 34.5. The molecule has 2 heterocycles. The van der Waals surface area contributed by atoms with Crippen molar-refractivity contribution in [2.75, 3.05) is 11.9 Å². The average Bonchev–Trinajstić information content (AvgIpc) is 3.11. The van der Waals surface area contributed by atoms with Crippen LogP contribution in [0.25, 0.3) is 0 Å². The molecule has 0 spiro atoms. The Hall–Kier alpha value is -2.44. The van der Waals surface area contributed by atoms with Crippen LogP contribution in [0, 0.1) is 0 Å². The van der Waals surface area contributed by atoms with Crippen LogP contribution < -0.4 is 10.1 Å². The van der Waals surface area contributed by atoms with Gasteiger partial charge in [0.1, 0.15) is 5.75 Å². The summed E-state index contributed by atoms with van der Waals surface area (Å²) in [4.78, 5) is 12.6. The summed E-state index contributed by atoms with van der Waals surface area (Å²) in [6, 6.07) is 5.43. The van der Waals surface area contributed by atoms with E-state index in [2.05, 4.69) is 10.4 Å². The van der Waals surface area contributed by atoms with Crippen LogP contribution in [0.1, 0.15) is 33.7 Å². The van der Waals surface area contributed by atoms with Crippen molar-refractivity contribution >= 4 is 11.6 Å². The third-order valence-electron chi connectivity index (χ3n) is 4.64. The number of alkyl halides is 2. The van der Waals surface area contributed by atoms with Gasteiger partial charge in [-0.3, -0.25) is 9.48 Å². The first-order chi connectivity index (χ1) is 11.4. The normalized spacial score (nSPS) is 17.8. The second kappa shape index (κ2) is 5.29. The maximum atomic E-state index is 13.8. The number of fused-ring (bicyclic) bond motifs is 2. The smallest absolute Gasteiger partial charge is 0.276 e. The van der Waals surface area contributed by atoms with Crippen molar-refractivity contribution in [3.8, 4) is 5.75 Å². The lowest BCUT2D eigenvalue weighted by Crippen LogP contribution is -2.27. The standard InChI is InChI=1S/C17H17F2N3O2/c1-22-13-5-7-17(18,19)9-11(13)15(21-22)16(23)20-12-3-2-4-14-10(12)6-8-24-14/h2-4H,5-9H2,1H3,(H,20,23). The number of nitrogens with one attached hydrogen (secondary N) is 1. The molecule has 0 atom stereocenters. The van der Waals surface area contributed by atoms with Crippen molar-refractivity contribution in [2.45, 2.75) is 31.6 Å². The Balaban J connectivity index is 1.66. The lowest BCUT2D eigenvalue weighted by molar-refractivity contribution is -0.0128. The molecule has 5 nitrogen and oxygen atoms in total. The van der Waals surface area contributed by atoms with Crippen LogP contribution in [-0.4, -0.2) is 28.2 Å². The monoisotopic (exact) mass is 333 g/mol. The number of hydrogen-bond acceptors (Lipinski definition) is 3. The van der Waals surface area contributed by atoms with Crippen molar-refractivity contribution in [1.29, 1.82) is 0 Å². The van der Waals surface area contributed by atoms with Gasteiger partial charge >= 0.3 is 0 Å². The number of halogens is 2. The Kier molecular flexibility index (Phi) is 3.33. The molecule has 126 valence electrons. The van der Waals surface area contributed by atoms with Gasteiger partial charge in [0.15, 0.2) is 5.69 Å². The van der Waals surface area contributed by atoms with Crippen LogP contribution in [-0.2, 0) is 26.3 Å². The third-order valence-corrected chi connectivity index (χ3v) is 4.64. The molecule has 7 heteroatoms. The first kappa shape index (κ1) is 15.1. The lowest BCUT2D eigenvalue weighted by atomic mass is 9.92. The highest BCUT2D eigenvalue weighted by atomic mass is 19.3. The molecule has 1 aliphatic heterocycles. The van der Waals surface area contributed by atoms with Gasteiger partial charge in [-0.2, -0.15) is 5.10 Å². The molecule has 1 aromatic heterocycles. The molecule has 2 aliphatic rings. The van der Waals surface area contributed by atoms with E-state index in [1.807, 2.05) is 6.07 Å². The van der Waals surface area contributed by atoms with E-state index in [9.17, 15) is 13.6 Å². The second-order valence-electron chi connectivity index (χ2n) is 6.27. The molecule has 0 saturated carbocycles. The minimum atomic E-state index is -2.78. The lowest BCUT2D eigenvalue weighted by Gasteiger charge is -2.22. The van der Waals surface area contributed by atoms with Crippen molar-refractivity contribution in [3.63, 3.8) is 0 Å². The number of hydrogen-bond donors (Lipinski definition) is 1. The van der Waals surface area contributed by atoms with Crippen molar-refractivity contribution in [1.82, 2.24) is 9.78 Å². The summed E-state index contributed by atoms with van der Waals surface area (Å²) in [6.07, 6.45) is 0.303. The fraction of sp³-hybridized carbons (Fsp3) is 0.412. The number of anilines is 1. The third kappa shape index (κ3) is 2.44. The maximum Gasteiger partial charge on any atom is 0.276 e. The first-order valence-corrected chi connectivity index (χ1v) is 7.93. The summed E-state index contributed by atoms with van der Waals surface area (Å²) in [7, 11) is 1.69.